The van der Waals surface area contributed by atoms with E-state index >= 15 is 0 Å². The Labute approximate surface area is 267 Å². The van der Waals surface area contributed by atoms with E-state index in [0.29, 0.717) is 24.2 Å². The molecule has 0 bridgehead atoms. The molecule has 1 aliphatic carbocycles. The molecule has 1 fully saturated rings. The molecule has 0 aromatic heterocycles. The quantitative estimate of drug-likeness (QED) is 0.138. The number of rotatable bonds is 19. The highest BCUT2D eigenvalue weighted by molar-refractivity contribution is 5.30. The van der Waals surface area contributed by atoms with Crippen molar-refractivity contribution in [2.45, 2.75) is 200 Å². The molecule has 0 spiro atoms. The molecule has 1 aromatic carbocycles. The highest BCUT2D eigenvalue weighted by Crippen LogP contribution is 2.46. The van der Waals surface area contributed by atoms with Gasteiger partial charge in [-0.1, -0.05) is 97.9 Å². The number of unbranched alkanes of at least 4 members (excludes halogenated alkanes) is 1. The summed E-state index contributed by atoms with van der Waals surface area (Å²) in [7, 11) is 0. The number of nitrogens with two attached hydrogens (primary N) is 1. The summed E-state index contributed by atoms with van der Waals surface area (Å²) in [5.74, 6) is 1.59. The van der Waals surface area contributed by atoms with Crippen LogP contribution in [0.2, 0.25) is 0 Å². The van der Waals surface area contributed by atoms with E-state index in [-0.39, 0.29) is 16.7 Å². The molecule has 0 amide bonds. The lowest BCUT2D eigenvalue weighted by Gasteiger charge is -2.52. The van der Waals surface area contributed by atoms with E-state index in [9.17, 15) is 5.11 Å². The second-order valence-corrected chi connectivity index (χ2v) is 16.7. The lowest BCUT2D eigenvalue weighted by Crippen LogP contribution is -2.63. The smallest absolute Gasteiger partial charge is 0.162 e. The Morgan fingerprint density at radius 3 is 1.91 bits per heavy atom. The zero-order valence-electron chi connectivity index (χ0n) is 30.5. The van der Waals surface area contributed by atoms with Gasteiger partial charge in [0.1, 0.15) is 0 Å². The largest absolute Gasteiger partial charge is 0.367 e. The van der Waals surface area contributed by atoms with Gasteiger partial charge in [-0.25, -0.2) is 0 Å². The summed E-state index contributed by atoms with van der Waals surface area (Å²) in [6.07, 6.45) is 12.5. The van der Waals surface area contributed by atoms with Crippen LogP contribution < -0.4 is 11.1 Å². The molecule has 1 saturated carbocycles. The second-order valence-electron chi connectivity index (χ2n) is 16.7. The van der Waals surface area contributed by atoms with Crippen LogP contribution >= 0.6 is 0 Å². The van der Waals surface area contributed by atoms with Crippen LogP contribution in [0.4, 0.5) is 0 Å². The van der Waals surface area contributed by atoms with Crippen molar-refractivity contribution in [3.8, 4) is 0 Å². The van der Waals surface area contributed by atoms with Gasteiger partial charge in [-0.3, -0.25) is 0 Å². The summed E-state index contributed by atoms with van der Waals surface area (Å²) >= 11 is 0. The SMILES string of the molecule is CCCCC(CCC)c1ccc(C(CC(C)C)C(C)(C)NC(C)(C)CC(C)(C(O)OC2(CC)CCCC2)C(C)(C)N)cc1. The molecule has 4 N–H and O–H groups in total. The molecule has 4 atom stereocenters. The van der Waals surface area contributed by atoms with Crippen LogP contribution in [-0.2, 0) is 4.74 Å². The van der Waals surface area contributed by atoms with Gasteiger partial charge in [-0.2, -0.15) is 0 Å². The first-order chi connectivity index (χ1) is 19.9. The Hall–Kier alpha value is -0.940. The fraction of sp³-hybridized carbons (Fsp3) is 0.846. The first-order valence-electron chi connectivity index (χ1n) is 17.9. The van der Waals surface area contributed by atoms with Crippen LogP contribution in [-0.4, -0.2) is 33.6 Å². The summed E-state index contributed by atoms with van der Waals surface area (Å²) in [6, 6.07) is 9.64. The van der Waals surface area contributed by atoms with Gasteiger partial charge >= 0.3 is 0 Å². The summed E-state index contributed by atoms with van der Waals surface area (Å²) in [6.45, 7) is 26.9. The molecule has 250 valence electrons. The van der Waals surface area contributed by atoms with E-state index in [1.807, 2.05) is 13.8 Å². The summed E-state index contributed by atoms with van der Waals surface area (Å²) in [5.41, 5.74) is 7.80. The van der Waals surface area contributed by atoms with Gasteiger partial charge in [0.15, 0.2) is 6.29 Å². The molecule has 2 rings (SSSR count). The molecule has 1 aliphatic rings. The van der Waals surface area contributed by atoms with Crippen molar-refractivity contribution in [2.75, 3.05) is 0 Å². The molecule has 1 aromatic rings. The minimum atomic E-state index is -0.933. The molecule has 43 heavy (non-hydrogen) atoms. The second kappa shape index (κ2) is 15.6. The maximum atomic E-state index is 11.8. The van der Waals surface area contributed by atoms with Crippen molar-refractivity contribution >= 4 is 0 Å². The fourth-order valence-electron chi connectivity index (χ4n) is 8.09. The Morgan fingerprint density at radius 1 is 0.884 bits per heavy atom. The molecule has 4 unspecified atom stereocenters. The van der Waals surface area contributed by atoms with E-state index < -0.39 is 17.2 Å². The predicted octanol–water partition coefficient (Wildman–Crippen LogP) is 10.2. The van der Waals surface area contributed by atoms with E-state index in [2.05, 4.69) is 98.8 Å². The molecule has 0 radical (unpaired) electrons. The number of aliphatic hydroxyl groups excluding tert-OH is 1. The Kier molecular flexibility index (Phi) is 13.8. The van der Waals surface area contributed by atoms with Crippen LogP contribution in [0.1, 0.15) is 183 Å². The van der Waals surface area contributed by atoms with Crippen molar-refractivity contribution < 1.29 is 9.84 Å². The number of benzene rings is 1. The van der Waals surface area contributed by atoms with Crippen LogP contribution in [0.5, 0.6) is 0 Å². The van der Waals surface area contributed by atoms with Crippen LogP contribution in [0, 0.1) is 11.3 Å². The Morgan fingerprint density at radius 2 is 1.44 bits per heavy atom. The topological polar surface area (TPSA) is 67.5 Å². The van der Waals surface area contributed by atoms with Gasteiger partial charge in [0.2, 0.25) is 0 Å². The number of nitrogens with one attached hydrogen (secondary N) is 1. The number of ether oxygens (including phenoxy) is 1. The van der Waals surface area contributed by atoms with Gasteiger partial charge in [0.25, 0.3) is 0 Å². The van der Waals surface area contributed by atoms with E-state index in [1.165, 1.54) is 56.1 Å². The molecule has 0 heterocycles. The van der Waals surface area contributed by atoms with Crippen LogP contribution in [0.15, 0.2) is 24.3 Å². The molecule has 4 nitrogen and oxygen atoms in total. The zero-order chi connectivity index (χ0) is 32.7. The highest BCUT2D eigenvalue weighted by Gasteiger charge is 2.51. The average Bonchev–Trinajstić information content (AvgIpc) is 3.37. The lowest BCUT2D eigenvalue weighted by molar-refractivity contribution is -0.251. The van der Waals surface area contributed by atoms with E-state index in [1.54, 1.807) is 0 Å². The van der Waals surface area contributed by atoms with Gasteiger partial charge < -0.3 is 20.9 Å². The highest BCUT2D eigenvalue weighted by atomic mass is 16.6. The Bertz CT molecular complexity index is 939. The normalized spacial score (nSPS) is 19.8. The standard InChI is InChI=1S/C39H72N2O2/c1-13-16-20-30(19-14-2)31-21-23-32(24-22-31)33(27-29(4)5)36(8,9)41-35(6,7)28-38(12,37(10,11)40)34(42)43-39(15-3)25-17-18-26-39/h21-24,29-30,33-34,41-42H,13-20,25-28,40H2,1-12H3. The predicted molar refractivity (Wildman–Crippen MR) is 187 cm³/mol. The maximum absolute atomic E-state index is 11.8. The minimum Gasteiger partial charge on any atom is -0.367 e. The number of hydrogen-bond acceptors (Lipinski definition) is 4. The van der Waals surface area contributed by atoms with Crippen molar-refractivity contribution in [1.29, 1.82) is 0 Å². The van der Waals surface area contributed by atoms with Crippen molar-refractivity contribution in [2.24, 2.45) is 17.1 Å². The summed E-state index contributed by atoms with van der Waals surface area (Å²) in [4.78, 5) is 0. The molecule has 0 saturated heterocycles. The van der Waals surface area contributed by atoms with E-state index in [4.69, 9.17) is 10.5 Å². The van der Waals surface area contributed by atoms with Gasteiger partial charge in [0.05, 0.1) is 5.60 Å². The maximum Gasteiger partial charge on any atom is 0.162 e. The summed E-state index contributed by atoms with van der Waals surface area (Å²) < 4.78 is 6.61. The van der Waals surface area contributed by atoms with Crippen molar-refractivity contribution in [3.05, 3.63) is 35.4 Å². The van der Waals surface area contributed by atoms with Gasteiger partial charge in [-0.05, 0) is 109 Å². The lowest BCUT2D eigenvalue weighted by atomic mass is 9.65. The van der Waals surface area contributed by atoms with Gasteiger partial charge in [-0.15, -0.1) is 0 Å². The van der Waals surface area contributed by atoms with Crippen LogP contribution in [0.3, 0.4) is 0 Å². The average molecular weight is 601 g/mol. The van der Waals surface area contributed by atoms with Crippen LogP contribution in [0.25, 0.3) is 0 Å². The minimum absolute atomic E-state index is 0.179. The molecular weight excluding hydrogens is 528 g/mol. The van der Waals surface area contributed by atoms with Gasteiger partial charge in [0, 0.05) is 27.9 Å². The third kappa shape index (κ3) is 10.3. The van der Waals surface area contributed by atoms with Crippen molar-refractivity contribution in [1.82, 2.24) is 5.32 Å². The molecular formula is C39H72N2O2. The zero-order valence-corrected chi connectivity index (χ0v) is 30.5. The summed E-state index contributed by atoms with van der Waals surface area (Å²) in [5, 5.41) is 15.9. The Balaban J connectivity index is 2.34. The third-order valence-corrected chi connectivity index (χ3v) is 10.9. The fourth-order valence-corrected chi connectivity index (χ4v) is 8.09. The molecule has 0 aliphatic heterocycles. The number of aliphatic hydroxyl groups is 1. The van der Waals surface area contributed by atoms with Crippen molar-refractivity contribution in [3.63, 3.8) is 0 Å². The first-order valence-corrected chi connectivity index (χ1v) is 17.9. The monoisotopic (exact) mass is 601 g/mol. The third-order valence-electron chi connectivity index (χ3n) is 10.9. The van der Waals surface area contributed by atoms with E-state index in [0.717, 1.165) is 25.7 Å². The molecule has 4 heteroatoms. The number of hydrogen-bond donors (Lipinski definition) is 3. The first kappa shape index (κ1) is 38.2.